The van der Waals surface area contributed by atoms with E-state index in [9.17, 15) is 9.59 Å². The monoisotopic (exact) mass is 411 g/mol. The fourth-order valence-electron chi connectivity index (χ4n) is 3.03. The smallest absolute Gasteiger partial charge is 0.255 e. The topological polar surface area (TPSA) is 70.7 Å². The van der Waals surface area contributed by atoms with E-state index in [2.05, 4.69) is 29.4 Å². The van der Waals surface area contributed by atoms with Gasteiger partial charge in [-0.2, -0.15) is 0 Å². The summed E-state index contributed by atoms with van der Waals surface area (Å²) in [4.78, 5) is 27.2. The number of hydrogen-bond acceptors (Lipinski definition) is 4. The zero-order valence-corrected chi connectivity index (χ0v) is 18.2. The van der Waals surface area contributed by atoms with Gasteiger partial charge in [-0.3, -0.25) is 14.5 Å². The van der Waals surface area contributed by atoms with E-state index in [4.69, 9.17) is 4.74 Å². The van der Waals surface area contributed by atoms with Crippen LogP contribution in [0.15, 0.2) is 48.5 Å². The molecule has 2 N–H and O–H groups in total. The fraction of sp³-hybridized carbons (Fsp3) is 0.417. The van der Waals surface area contributed by atoms with Gasteiger partial charge >= 0.3 is 0 Å². The Labute approximate surface area is 179 Å². The summed E-state index contributed by atoms with van der Waals surface area (Å²) >= 11 is 0. The summed E-state index contributed by atoms with van der Waals surface area (Å²) < 4.78 is 5.26. The molecule has 0 atom stereocenters. The van der Waals surface area contributed by atoms with Crippen molar-refractivity contribution in [1.29, 1.82) is 0 Å². The van der Waals surface area contributed by atoms with Gasteiger partial charge in [0, 0.05) is 43.1 Å². The first-order valence-corrected chi connectivity index (χ1v) is 10.7. The Kier molecular flexibility index (Phi) is 10.0. The zero-order chi connectivity index (χ0) is 21.8. The van der Waals surface area contributed by atoms with Crippen LogP contribution in [0.25, 0.3) is 0 Å². The molecule has 0 aliphatic rings. The molecule has 0 aliphatic carbocycles. The molecule has 2 amide bonds. The van der Waals surface area contributed by atoms with Crippen LogP contribution < -0.4 is 10.6 Å². The van der Waals surface area contributed by atoms with Crippen LogP contribution in [-0.2, 0) is 11.3 Å². The molecule has 0 bridgehead atoms. The van der Waals surface area contributed by atoms with Gasteiger partial charge in [0.2, 0.25) is 0 Å². The van der Waals surface area contributed by atoms with Crippen LogP contribution >= 0.6 is 0 Å². The number of amides is 2. The molecule has 30 heavy (non-hydrogen) atoms. The molecule has 0 saturated carbocycles. The second kappa shape index (κ2) is 12.8. The average molecular weight is 412 g/mol. The Morgan fingerprint density at radius 3 is 2.33 bits per heavy atom. The lowest BCUT2D eigenvalue weighted by molar-refractivity contribution is 0.0943. The molecule has 6 nitrogen and oxygen atoms in total. The zero-order valence-electron chi connectivity index (χ0n) is 18.2. The van der Waals surface area contributed by atoms with Crippen LogP contribution in [0.1, 0.15) is 53.5 Å². The van der Waals surface area contributed by atoms with E-state index in [1.807, 2.05) is 31.2 Å². The predicted molar refractivity (Wildman–Crippen MR) is 121 cm³/mol. The largest absolute Gasteiger partial charge is 0.382 e. The van der Waals surface area contributed by atoms with Gasteiger partial charge in [0.25, 0.3) is 11.8 Å². The van der Waals surface area contributed by atoms with Gasteiger partial charge in [0.05, 0.1) is 0 Å². The van der Waals surface area contributed by atoms with E-state index in [1.54, 1.807) is 24.3 Å². The molecule has 2 aromatic rings. The van der Waals surface area contributed by atoms with Gasteiger partial charge in [0.1, 0.15) is 0 Å². The Bertz CT molecular complexity index is 802. The molecule has 0 unspecified atom stereocenters. The van der Waals surface area contributed by atoms with Crippen molar-refractivity contribution in [3.05, 3.63) is 65.2 Å². The van der Waals surface area contributed by atoms with E-state index >= 15 is 0 Å². The maximum absolute atomic E-state index is 12.6. The lowest BCUT2D eigenvalue weighted by Crippen LogP contribution is -2.25. The Hall–Kier alpha value is -2.70. The molecule has 0 aliphatic heterocycles. The fourth-order valence-corrected chi connectivity index (χ4v) is 3.03. The van der Waals surface area contributed by atoms with Crippen molar-refractivity contribution in [2.24, 2.45) is 0 Å². The molecule has 0 heterocycles. The third-order valence-electron chi connectivity index (χ3n) is 4.85. The highest BCUT2D eigenvalue weighted by Crippen LogP contribution is 2.14. The average Bonchev–Trinajstić information content (AvgIpc) is 2.77. The van der Waals surface area contributed by atoms with Gasteiger partial charge in [0.15, 0.2) is 0 Å². The molecular weight excluding hydrogens is 378 g/mol. The summed E-state index contributed by atoms with van der Waals surface area (Å²) in [5, 5.41) is 5.74. The molecule has 6 heteroatoms. The van der Waals surface area contributed by atoms with E-state index in [0.717, 1.165) is 26.1 Å². The highest BCUT2D eigenvalue weighted by molar-refractivity contribution is 6.05. The summed E-state index contributed by atoms with van der Waals surface area (Å²) in [5.41, 5.74) is 2.87. The van der Waals surface area contributed by atoms with Crippen LogP contribution in [0.5, 0.6) is 0 Å². The van der Waals surface area contributed by atoms with Crippen LogP contribution in [0.4, 0.5) is 5.69 Å². The number of hydrogen-bond donors (Lipinski definition) is 2. The predicted octanol–water partition coefficient (Wildman–Crippen LogP) is 3.94. The quantitative estimate of drug-likeness (QED) is 0.519. The number of anilines is 1. The maximum Gasteiger partial charge on any atom is 0.255 e. The van der Waals surface area contributed by atoms with Crippen molar-refractivity contribution in [3.8, 4) is 0 Å². The normalized spacial score (nSPS) is 10.8. The van der Waals surface area contributed by atoms with E-state index < -0.39 is 0 Å². The van der Waals surface area contributed by atoms with Gasteiger partial charge in [-0.15, -0.1) is 0 Å². The molecule has 0 radical (unpaired) electrons. The minimum atomic E-state index is -0.196. The van der Waals surface area contributed by atoms with Crippen molar-refractivity contribution < 1.29 is 14.3 Å². The highest BCUT2D eigenvalue weighted by Gasteiger charge is 2.10. The van der Waals surface area contributed by atoms with Gasteiger partial charge in [-0.25, -0.2) is 0 Å². The highest BCUT2D eigenvalue weighted by atomic mass is 16.5. The molecular formula is C24H33N3O3. The van der Waals surface area contributed by atoms with Crippen LogP contribution in [0.3, 0.4) is 0 Å². The SMILES string of the molecule is CCOCCCNC(=O)c1cccc(NC(=O)c2ccc(CN(CC)CC)cc2)c1. The first kappa shape index (κ1) is 23.6. The molecule has 0 aromatic heterocycles. The van der Waals surface area contributed by atoms with Gasteiger partial charge in [-0.05, 0) is 62.3 Å². The molecule has 2 rings (SSSR count). The number of nitrogens with one attached hydrogen (secondary N) is 2. The van der Waals surface area contributed by atoms with Crippen LogP contribution in [0.2, 0.25) is 0 Å². The summed E-state index contributed by atoms with van der Waals surface area (Å²) in [6.07, 6.45) is 0.764. The van der Waals surface area contributed by atoms with Gasteiger partial charge in [-0.1, -0.05) is 32.0 Å². The van der Waals surface area contributed by atoms with Crippen molar-refractivity contribution in [2.75, 3.05) is 38.2 Å². The summed E-state index contributed by atoms with van der Waals surface area (Å²) in [6.45, 7) is 10.9. The Balaban J connectivity index is 1.92. The molecule has 2 aromatic carbocycles. The van der Waals surface area contributed by atoms with E-state index in [-0.39, 0.29) is 11.8 Å². The summed E-state index contributed by atoms with van der Waals surface area (Å²) in [6, 6.07) is 14.6. The first-order valence-electron chi connectivity index (χ1n) is 10.7. The Morgan fingerprint density at radius 2 is 1.67 bits per heavy atom. The van der Waals surface area contributed by atoms with Crippen molar-refractivity contribution in [1.82, 2.24) is 10.2 Å². The number of benzene rings is 2. The lowest BCUT2D eigenvalue weighted by atomic mass is 10.1. The van der Waals surface area contributed by atoms with E-state index in [1.165, 1.54) is 5.56 Å². The second-order valence-corrected chi connectivity index (χ2v) is 7.00. The molecule has 162 valence electrons. The number of carbonyl (C=O) groups is 2. The van der Waals surface area contributed by atoms with E-state index in [0.29, 0.717) is 36.6 Å². The third kappa shape index (κ3) is 7.61. The third-order valence-corrected chi connectivity index (χ3v) is 4.85. The molecule has 0 saturated heterocycles. The first-order chi connectivity index (χ1) is 14.6. The second-order valence-electron chi connectivity index (χ2n) is 7.00. The molecule has 0 fully saturated rings. The number of nitrogens with zero attached hydrogens (tertiary/aromatic N) is 1. The summed E-state index contributed by atoms with van der Waals surface area (Å²) in [5.74, 6) is -0.359. The van der Waals surface area contributed by atoms with Crippen molar-refractivity contribution in [2.45, 2.75) is 33.7 Å². The maximum atomic E-state index is 12.6. The minimum Gasteiger partial charge on any atom is -0.382 e. The number of ether oxygens (including phenoxy) is 1. The molecule has 0 spiro atoms. The Morgan fingerprint density at radius 1 is 0.933 bits per heavy atom. The minimum absolute atomic E-state index is 0.164. The standard InChI is InChI=1S/C24H33N3O3/c1-4-27(5-2)18-19-11-13-20(14-12-19)24(29)26-22-10-7-9-21(17-22)23(28)25-15-8-16-30-6-3/h7,9-14,17H,4-6,8,15-16,18H2,1-3H3,(H,25,28)(H,26,29). The number of carbonyl (C=O) groups excluding carboxylic acids is 2. The van der Waals surface area contributed by atoms with Gasteiger partial charge < -0.3 is 15.4 Å². The van der Waals surface area contributed by atoms with Crippen LogP contribution in [-0.4, -0.2) is 49.6 Å². The van der Waals surface area contributed by atoms with Crippen molar-refractivity contribution >= 4 is 17.5 Å². The number of rotatable bonds is 12. The summed E-state index contributed by atoms with van der Waals surface area (Å²) in [7, 11) is 0. The van der Waals surface area contributed by atoms with Crippen LogP contribution in [0, 0.1) is 0 Å². The van der Waals surface area contributed by atoms with Crippen molar-refractivity contribution in [3.63, 3.8) is 0 Å². The lowest BCUT2D eigenvalue weighted by Gasteiger charge is -2.18.